The van der Waals surface area contributed by atoms with Gasteiger partial charge in [-0.05, 0) is 168 Å². The van der Waals surface area contributed by atoms with E-state index in [4.69, 9.17) is 0 Å². The summed E-state index contributed by atoms with van der Waals surface area (Å²) in [6.07, 6.45) is -13.8. The first kappa shape index (κ1) is 61.3. The van der Waals surface area contributed by atoms with Crippen LogP contribution in [0.4, 0.5) is 52.7 Å². The summed E-state index contributed by atoms with van der Waals surface area (Å²) in [5, 5.41) is 60.1. The molecule has 6 nitrogen and oxygen atoms in total. The second-order valence-electron chi connectivity index (χ2n) is 22.6. The van der Waals surface area contributed by atoms with Crippen LogP contribution >= 0.6 is 0 Å². The average Bonchev–Trinajstić information content (AvgIpc) is 3.68. The third-order valence-electron chi connectivity index (χ3n) is 16.3. The molecule has 394 valence electrons. The Balaban J connectivity index is 0.000000453. The maximum atomic E-state index is 13.1. The molecule has 4 aliphatic carbocycles. The van der Waals surface area contributed by atoms with Gasteiger partial charge in [0.1, 0.15) is 0 Å². The summed E-state index contributed by atoms with van der Waals surface area (Å²) < 4.78 is 157. The first-order valence-electron chi connectivity index (χ1n) is 23.2. The minimum atomic E-state index is -5.98. The van der Waals surface area contributed by atoms with Crippen LogP contribution in [0.2, 0.25) is 0 Å². The highest BCUT2D eigenvalue weighted by atomic mass is 19.4. The molecule has 0 aromatic rings. The fourth-order valence-electron chi connectivity index (χ4n) is 12.8. The molecule has 0 amide bonds. The number of halogens is 12. The van der Waals surface area contributed by atoms with Crippen molar-refractivity contribution in [3.8, 4) is 11.8 Å². The summed E-state index contributed by atoms with van der Waals surface area (Å²) in [4.78, 5) is 0. The molecule has 10 atom stereocenters. The van der Waals surface area contributed by atoms with E-state index in [2.05, 4.69) is 19.8 Å². The quantitative estimate of drug-likeness (QED) is 0.0586. The van der Waals surface area contributed by atoms with Gasteiger partial charge in [0.25, 0.3) is 5.60 Å². The zero-order valence-corrected chi connectivity index (χ0v) is 39.6. The smallest absolute Gasteiger partial charge is 0.393 e. The number of alkyl halides is 12. The second-order valence-corrected chi connectivity index (χ2v) is 22.6. The number of rotatable bonds is 14. The molecule has 18 heteroatoms. The normalized spacial score (nSPS) is 30.8. The number of fused-ring (bicyclic) bond motifs is 2. The monoisotopic (exact) mass is 991 g/mol. The van der Waals surface area contributed by atoms with E-state index in [9.17, 15) is 83.3 Å². The van der Waals surface area contributed by atoms with E-state index in [0.717, 1.165) is 56.9 Å². The molecule has 0 aromatic heterocycles. The van der Waals surface area contributed by atoms with E-state index in [0.29, 0.717) is 57.8 Å². The molecule has 67 heavy (non-hydrogen) atoms. The summed E-state index contributed by atoms with van der Waals surface area (Å²) in [7, 11) is 0. The predicted octanol–water partition coefficient (Wildman–Crippen LogP) is 12.7. The van der Waals surface area contributed by atoms with Crippen LogP contribution in [0, 0.1) is 57.2 Å². The van der Waals surface area contributed by atoms with E-state index in [1.54, 1.807) is 27.7 Å². The van der Waals surface area contributed by atoms with Gasteiger partial charge in [0.2, 0.25) is 0 Å². The lowest BCUT2D eigenvalue weighted by atomic mass is 9.56. The summed E-state index contributed by atoms with van der Waals surface area (Å²) in [6, 6.07) is 0. The SMILES string of the molecule is C.CC(C)(O)CCCC(C)(C/C=C\C(O)(C(F)(F)F)C(F)(F)F)[C@H]1CCC2[C@@H](O)CCC[C@@]21C.CC(C)(O)CCCC(C)(CC#CC(O)(C(F)(F)F)C(F)(F)F)[C@H]1CCC2[C@@H](O)CCC[C@@]21C. The maximum Gasteiger partial charge on any atom is 0.438 e. The number of aliphatic hydroxyl groups excluding tert-OH is 2. The molecule has 4 saturated carbocycles. The molecule has 0 spiro atoms. The van der Waals surface area contributed by atoms with Crippen LogP contribution in [0.15, 0.2) is 12.2 Å². The lowest BCUT2D eigenvalue weighted by Crippen LogP contribution is -2.55. The minimum Gasteiger partial charge on any atom is -0.393 e. The van der Waals surface area contributed by atoms with Crippen molar-refractivity contribution < 1.29 is 83.3 Å². The van der Waals surface area contributed by atoms with E-state index in [1.165, 1.54) is 0 Å². The van der Waals surface area contributed by atoms with Crippen molar-refractivity contribution in [1.29, 1.82) is 0 Å². The molecular formula is C49H78F12O6. The fourth-order valence-corrected chi connectivity index (χ4v) is 12.8. The predicted molar refractivity (Wildman–Crippen MR) is 232 cm³/mol. The third kappa shape index (κ3) is 13.8. The zero-order valence-electron chi connectivity index (χ0n) is 39.6. The molecule has 0 heterocycles. The van der Waals surface area contributed by atoms with Gasteiger partial charge in [0.05, 0.1) is 23.4 Å². The van der Waals surface area contributed by atoms with Gasteiger partial charge in [-0.15, -0.1) is 0 Å². The van der Waals surface area contributed by atoms with Crippen LogP contribution in [0.5, 0.6) is 0 Å². The molecule has 4 aliphatic rings. The van der Waals surface area contributed by atoms with E-state index in [1.807, 2.05) is 13.8 Å². The van der Waals surface area contributed by atoms with Gasteiger partial charge in [-0.1, -0.05) is 72.8 Å². The van der Waals surface area contributed by atoms with Crippen LogP contribution in [0.3, 0.4) is 0 Å². The largest absolute Gasteiger partial charge is 0.438 e. The van der Waals surface area contributed by atoms with Crippen LogP contribution < -0.4 is 0 Å². The second kappa shape index (κ2) is 21.1. The molecular weight excluding hydrogens is 913 g/mol. The van der Waals surface area contributed by atoms with Crippen LogP contribution in [-0.4, -0.2) is 90.0 Å². The molecule has 4 rings (SSSR count). The first-order valence-corrected chi connectivity index (χ1v) is 23.2. The first-order chi connectivity index (χ1) is 29.5. The average molecular weight is 991 g/mol. The number of allylic oxidation sites excluding steroid dienone is 1. The lowest BCUT2D eigenvalue weighted by molar-refractivity contribution is -0.347. The van der Waals surface area contributed by atoms with Gasteiger partial charge in [-0.25, -0.2) is 0 Å². The molecule has 0 bridgehead atoms. The van der Waals surface area contributed by atoms with Gasteiger partial charge in [-0.2, -0.15) is 52.7 Å². The van der Waals surface area contributed by atoms with Gasteiger partial charge in [-0.3, -0.25) is 0 Å². The van der Waals surface area contributed by atoms with Crippen molar-refractivity contribution in [1.82, 2.24) is 0 Å². The van der Waals surface area contributed by atoms with Gasteiger partial charge in [0, 0.05) is 6.42 Å². The Morgan fingerprint density at radius 1 is 0.537 bits per heavy atom. The summed E-state index contributed by atoms with van der Waals surface area (Å²) in [5.74, 6) is 3.18. The fraction of sp³-hybridized carbons (Fsp3) is 0.918. The maximum absolute atomic E-state index is 13.1. The van der Waals surface area contributed by atoms with Crippen molar-refractivity contribution in [2.75, 3.05) is 0 Å². The highest BCUT2D eigenvalue weighted by Gasteiger charge is 2.71. The number of hydrogen-bond acceptors (Lipinski definition) is 6. The number of aliphatic hydroxyl groups is 6. The Kier molecular flexibility index (Phi) is 19.3. The van der Waals surface area contributed by atoms with Gasteiger partial charge < -0.3 is 30.6 Å². The zero-order chi connectivity index (χ0) is 51.0. The molecule has 0 aliphatic heterocycles. The highest BCUT2D eigenvalue weighted by Crippen LogP contribution is 2.64. The Morgan fingerprint density at radius 2 is 0.910 bits per heavy atom. The highest BCUT2D eigenvalue weighted by molar-refractivity contribution is 5.22. The number of hydrogen-bond donors (Lipinski definition) is 6. The molecule has 0 aromatic carbocycles. The van der Waals surface area contributed by atoms with Crippen molar-refractivity contribution in [2.24, 2.45) is 45.3 Å². The summed E-state index contributed by atoms with van der Waals surface area (Å²) in [6.45, 7) is 14.4. The van der Waals surface area contributed by atoms with Crippen molar-refractivity contribution in [3.05, 3.63) is 12.2 Å². The Bertz CT molecular complexity index is 1660. The van der Waals surface area contributed by atoms with E-state index in [-0.39, 0.29) is 60.8 Å². The van der Waals surface area contributed by atoms with Crippen LogP contribution in [0.1, 0.15) is 178 Å². The Hall–Kier alpha value is -1.78. The van der Waals surface area contributed by atoms with Crippen molar-refractivity contribution in [2.45, 2.75) is 238 Å². The van der Waals surface area contributed by atoms with Crippen molar-refractivity contribution >= 4 is 0 Å². The summed E-state index contributed by atoms with van der Waals surface area (Å²) >= 11 is 0. The molecule has 6 N–H and O–H groups in total. The van der Waals surface area contributed by atoms with Gasteiger partial charge in [0.15, 0.2) is 0 Å². The molecule has 0 radical (unpaired) electrons. The Morgan fingerprint density at radius 3 is 1.27 bits per heavy atom. The van der Waals surface area contributed by atoms with Gasteiger partial charge >= 0.3 is 30.3 Å². The topological polar surface area (TPSA) is 121 Å². The van der Waals surface area contributed by atoms with Crippen molar-refractivity contribution in [3.63, 3.8) is 0 Å². The third-order valence-corrected chi connectivity index (χ3v) is 16.3. The Labute approximate surface area is 389 Å². The molecule has 4 fully saturated rings. The minimum absolute atomic E-state index is 0. The standard InChI is InChI=1S/C24H38F6O3.C24H36F6O3.CH4/c2*1-19(2,32)11-6-12-20(3,13-7-15-22(33,23(25,26)27)24(28,29)30)18-10-9-16-17(31)8-5-14-21(16,18)4;/h7,15-18,31-33H,5-6,8-14H2,1-4H3;16-18,31-33H,5-6,8-14H2,1-4H3;1H4/b15-7-;;/t2*16?,17-,18+,20?,21-;/m00./s1. The molecule has 0 saturated heterocycles. The summed E-state index contributed by atoms with van der Waals surface area (Å²) in [5.41, 5.74) is -13.8. The van der Waals surface area contributed by atoms with E-state index < -0.39 is 70.1 Å². The lowest BCUT2D eigenvalue weighted by Gasteiger charge is -2.50. The van der Waals surface area contributed by atoms with Crippen LogP contribution in [0.25, 0.3) is 0 Å². The molecule has 4 unspecified atom stereocenters. The van der Waals surface area contributed by atoms with E-state index >= 15 is 0 Å². The van der Waals surface area contributed by atoms with Crippen LogP contribution in [-0.2, 0) is 0 Å².